The summed E-state index contributed by atoms with van der Waals surface area (Å²) in [5.41, 5.74) is 0.818. The second-order valence-electron chi connectivity index (χ2n) is 4.45. The first-order valence-electron chi connectivity index (χ1n) is 6.12. The molecule has 0 heterocycles. The van der Waals surface area contributed by atoms with Crippen LogP contribution in [0.5, 0.6) is 0 Å². The van der Waals surface area contributed by atoms with Gasteiger partial charge in [-0.2, -0.15) is 17.2 Å². The van der Waals surface area contributed by atoms with Crippen molar-refractivity contribution in [3.05, 3.63) is 70.2 Å². The Bertz CT molecular complexity index is 794. The predicted molar refractivity (Wildman–Crippen MR) is 82.7 cm³/mol. The molecule has 0 amide bonds. The van der Waals surface area contributed by atoms with Crippen LogP contribution in [0.15, 0.2) is 64.0 Å². The number of halogens is 3. The van der Waals surface area contributed by atoms with Gasteiger partial charge >= 0.3 is 16.2 Å². The maximum Gasteiger partial charge on any atom is 0.339 e. The van der Waals surface area contributed by atoms with Crippen LogP contribution in [0.25, 0.3) is 5.76 Å². The molecule has 116 valence electrons. The Morgan fingerprint density at radius 1 is 1.00 bits per heavy atom. The zero-order valence-electron chi connectivity index (χ0n) is 11.4. The lowest BCUT2D eigenvalue weighted by atomic mass is 10.2. The van der Waals surface area contributed by atoms with Gasteiger partial charge in [0.25, 0.3) is 0 Å². The SMILES string of the molecule is Cc1ccc(S(=O)(=O)OC(=C(F)F)c2ccc(Br)cc2)cc1. The van der Waals surface area contributed by atoms with Gasteiger partial charge < -0.3 is 4.18 Å². The van der Waals surface area contributed by atoms with E-state index in [9.17, 15) is 17.2 Å². The third-order valence-corrected chi connectivity index (χ3v) is 4.55. The first kappa shape index (κ1) is 16.6. The first-order chi connectivity index (χ1) is 10.3. The number of benzene rings is 2. The molecule has 0 spiro atoms. The summed E-state index contributed by atoms with van der Waals surface area (Å²) in [7, 11) is -4.33. The standard InChI is InChI=1S/C15H11BrF2O3S/c1-10-2-8-13(9-3-10)22(19,20)21-14(15(17)18)11-4-6-12(16)7-5-11/h2-9H,1H3. The molecule has 0 N–H and O–H groups in total. The highest BCUT2D eigenvalue weighted by molar-refractivity contribution is 9.10. The second kappa shape index (κ2) is 6.58. The van der Waals surface area contributed by atoms with Gasteiger partial charge in [-0.05, 0) is 43.3 Å². The summed E-state index contributed by atoms with van der Waals surface area (Å²) in [6, 6.07) is 11.4. The Morgan fingerprint density at radius 3 is 2.05 bits per heavy atom. The van der Waals surface area contributed by atoms with Crippen LogP contribution >= 0.6 is 15.9 Å². The molecule has 0 bridgehead atoms. The molecule has 0 unspecified atom stereocenters. The average molecular weight is 389 g/mol. The maximum atomic E-state index is 13.1. The van der Waals surface area contributed by atoms with Gasteiger partial charge in [0.15, 0.2) is 0 Å². The Morgan fingerprint density at radius 2 is 1.55 bits per heavy atom. The van der Waals surface area contributed by atoms with Crippen LogP contribution in [0.1, 0.15) is 11.1 Å². The van der Waals surface area contributed by atoms with E-state index in [-0.39, 0.29) is 10.5 Å². The highest BCUT2D eigenvalue weighted by Gasteiger charge is 2.22. The molecule has 0 saturated carbocycles. The van der Waals surface area contributed by atoms with Crippen LogP contribution in [0.4, 0.5) is 8.78 Å². The lowest BCUT2D eigenvalue weighted by Crippen LogP contribution is -2.06. The molecule has 0 aliphatic heterocycles. The number of hydrogen-bond donors (Lipinski definition) is 0. The summed E-state index contributed by atoms with van der Waals surface area (Å²) in [5.74, 6) is -0.979. The molecule has 0 radical (unpaired) electrons. The van der Waals surface area contributed by atoms with Crippen molar-refractivity contribution in [2.45, 2.75) is 11.8 Å². The maximum absolute atomic E-state index is 13.1. The van der Waals surface area contributed by atoms with Crippen molar-refractivity contribution in [3.63, 3.8) is 0 Å². The van der Waals surface area contributed by atoms with E-state index in [1.165, 1.54) is 36.4 Å². The summed E-state index contributed by atoms with van der Waals surface area (Å²) >= 11 is 3.17. The van der Waals surface area contributed by atoms with E-state index in [0.29, 0.717) is 4.47 Å². The van der Waals surface area contributed by atoms with Crippen molar-refractivity contribution in [3.8, 4) is 0 Å². The molecule has 0 aromatic heterocycles. The fourth-order valence-corrected chi connectivity index (χ4v) is 2.86. The first-order valence-corrected chi connectivity index (χ1v) is 8.32. The van der Waals surface area contributed by atoms with E-state index >= 15 is 0 Å². The topological polar surface area (TPSA) is 43.4 Å². The van der Waals surface area contributed by atoms with Gasteiger partial charge in [-0.1, -0.05) is 33.6 Å². The number of aryl methyl sites for hydroxylation is 1. The minimum Gasteiger partial charge on any atom is -0.373 e. The molecular weight excluding hydrogens is 378 g/mol. The Balaban J connectivity index is 2.38. The molecule has 0 saturated heterocycles. The molecule has 7 heteroatoms. The normalized spacial score (nSPS) is 11.1. The lowest BCUT2D eigenvalue weighted by molar-refractivity contribution is 0.381. The molecule has 0 aliphatic rings. The van der Waals surface area contributed by atoms with Crippen molar-refractivity contribution < 1.29 is 21.4 Å². The van der Waals surface area contributed by atoms with Crippen molar-refractivity contribution in [2.24, 2.45) is 0 Å². The molecule has 3 nitrogen and oxygen atoms in total. The fourth-order valence-electron chi connectivity index (χ4n) is 1.65. The van der Waals surface area contributed by atoms with Crippen molar-refractivity contribution in [1.82, 2.24) is 0 Å². The quantitative estimate of drug-likeness (QED) is 0.561. The summed E-state index contributed by atoms with van der Waals surface area (Å²) in [6.45, 7) is 1.78. The second-order valence-corrected chi connectivity index (χ2v) is 6.91. The summed E-state index contributed by atoms with van der Waals surface area (Å²) in [5, 5.41) is 0. The third kappa shape index (κ3) is 3.92. The van der Waals surface area contributed by atoms with Crippen LogP contribution < -0.4 is 0 Å². The molecule has 2 aromatic rings. The van der Waals surface area contributed by atoms with E-state index in [0.717, 1.165) is 5.56 Å². The molecule has 2 rings (SSSR count). The van der Waals surface area contributed by atoms with E-state index in [1.54, 1.807) is 19.1 Å². The van der Waals surface area contributed by atoms with Crippen molar-refractivity contribution in [1.29, 1.82) is 0 Å². The van der Waals surface area contributed by atoms with E-state index < -0.39 is 22.0 Å². The fraction of sp³-hybridized carbons (Fsp3) is 0.0667. The van der Waals surface area contributed by atoms with Crippen LogP contribution in [0.3, 0.4) is 0 Å². The predicted octanol–water partition coefficient (Wildman–Crippen LogP) is 4.73. The Kier molecular flexibility index (Phi) is 4.97. The zero-order chi connectivity index (χ0) is 16.3. The van der Waals surface area contributed by atoms with E-state index in [1.807, 2.05) is 0 Å². The summed E-state index contributed by atoms with van der Waals surface area (Å²) in [6.07, 6.45) is -2.21. The largest absolute Gasteiger partial charge is 0.373 e. The van der Waals surface area contributed by atoms with E-state index in [4.69, 9.17) is 0 Å². The zero-order valence-corrected chi connectivity index (χ0v) is 13.8. The molecular formula is C15H11BrF2O3S. The summed E-state index contributed by atoms with van der Waals surface area (Å²) in [4.78, 5) is -0.186. The monoisotopic (exact) mass is 388 g/mol. The average Bonchev–Trinajstić information content (AvgIpc) is 2.46. The van der Waals surface area contributed by atoms with Crippen molar-refractivity contribution in [2.75, 3.05) is 0 Å². The smallest absolute Gasteiger partial charge is 0.339 e. The Labute approximate surface area is 135 Å². The highest BCUT2D eigenvalue weighted by atomic mass is 79.9. The highest BCUT2D eigenvalue weighted by Crippen LogP contribution is 2.28. The molecule has 0 aliphatic carbocycles. The van der Waals surface area contributed by atoms with Crippen molar-refractivity contribution >= 4 is 31.8 Å². The minimum absolute atomic E-state index is 0.0288. The minimum atomic E-state index is -4.33. The number of hydrogen-bond acceptors (Lipinski definition) is 3. The molecule has 0 atom stereocenters. The van der Waals surface area contributed by atoms with Crippen LogP contribution in [-0.2, 0) is 14.3 Å². The van der Waals surface area contributed by atoms with Crippen LogP contribution in [-0.4, -0.2) is 8.42 Å². The Hall–Kier alpha value is -1.73. The summed E-state index contributed by atoms with van der Waals surface area (Å²) < 4.78 is 55.7. The molecule has 0 fully saturated rings. The van der Waals surface area contributed by atoms with E-state index in [2.05, 4.69) is 20.1 Å². The van der Waals surface area contributed by atoms with Gasteiger partial charge in [-0.15, -0.1) is 0 Å². The van der Waals surface area contributed by atoms with Gasteiger partial charge in [0.2, 0.25) is 5.76 Å². The van der Waals surface area contributed by atoms with Gasteiger partial charge in [-0.25, -0.2) is 0 Å². The number of rotatable bonds is 4. The lowest BCUT2D eigenvalue weighted by Gasteiger charge is -2.10. The van der Waals surface area contributed by atoms with Gasteiger partial charge in [0.1, 0.15) is 4.90 Å². The van der Waals surface area contributed by atoms with Gasteiger partial charge in [-0.3, -0.25) is 0 Å². The van der Waals surface area contributed by atoms with Gasteiger partial charge in [0, 0.05) is 10.0 Å². The molecule has 2 aromatic carbocycles. The molecule has 22 heavy (non-hydrogen) atoms. The van der Waals surface area contributed by atoms with Crippen LogP contribution in [0.2, 0.25) is 0 Å². The van der Waals surface area contributed by atoms with Crippen LogP contribution in [0, 0.1) is 6.92 Å². The van der Waals surface area contributed by atoms with Gasteiger partial charge in [0.05, 0.1) is 0 Å². The third-order valence-electron chi connectivity index (χ3n) is 2.78.